The van der Waals surface area contributed by atoms with Crippen molar-refractivity contribution in [1.29, 1.82) is 0 Å². The third-order valence-electron chi connectivity index (χ3n) is 4.17. The summed E-state index contributed by atoms with van der Waals surface area (Å²) >= 11 is 1.16. The number of hydrogen-bond donors (Lipinski definition) is 1. The first-order valence-corrected chi connectivity index (χ1v) is 9.22. The molecule has 1 fully saturated rings. The normalized spacial score (nSPS) is 15.0. The molecular formula is C18H22N2O5S. The smallest absolute Gasteiger partial charge is 0.347 e. The third kappa shape index (κ3) is 4.32. The quantitative estimate of drug-likeness (QED) is 0.793. The molecule has 0 radical (unpaired) electrons. The van der Waals surface area contributed by atoms with E-state index in [2.05, 4.69) is 9.88 Å². The fourth-order valence-electron chi connectivity index (χ4n) is 2.75. The minimum absolute atomic E-state index is 0.255. The highest BCUT2D eigenvalue weighted by Gasteiger charge is 2.17. The number of aromatic nitrogens is 1. The number of aryl methyl sites for hydroxylation is 1. The number of carbonyl (C=O) groups is 1. The van der Waals surface area contributed by atoms with Crippen LogP contribution in [0.3, 0.4) is 0 Å². The summed E-state index contributed by atoms with van der Waals surface area (Å²) < 4.78 is 16.7. The van der Waals surface area contributed by atoms with Crippen molar-refractivity contribution >= 4 is 17.3 Å². The van der Waals surface area contributed by atoms with Gasteiger partial charge in [-0.3, -0.25) is 4.90 Å². The van der Waals surface area contributed by atoms with E-state index >= 15 is 0 Å². The highest BCUT2D eigenvalue weighted by atomic mass is 32.1. The van der Waals surface area contributed by atoms with E-state index in [4.69, 9.17) is 14.2 Å². The lowest BCUT2D eigenvalue weighted by atomic mass is 10.2. The van der Waals surface area contributed by atoms with Crippen molar-refractivity contribution in [2.75, 3.05) is 46.6 Å². The van der Waals surface area contributed by atoms with Gasteiger partial charge in [-0.1, -0.05) is 0 Å². The zero-order valence-electron chi connectivity index (χ0n) is 14.9. The van der Waals surface area contributed by atoms with Crippen LogP contribution in [0.5, 0.6) is 11.5 Å². The topological polar surface area (TPSA) is 81.1 Å². The van der Waals surface area contributed by atoms with Crippen LogP contribution in [0.25, 0.3) is 10.6 Å². The van der Waals surface area contributed by atoms with Crippen LogP contribution < -0.4 is 9.47 Å². The van der Waals surface area contributed by atoms with Crippen LogP contribution in [0.15, 0.2) is 18.2 Å². The molecular weight excluding hydrogens is 356 g/mol. The van der Waals surface area contributed by atoms with Crippen molar-refractivity contribution in [3.8, 4) is 22.1 Å². The number of rotatable bonds is 7. The molecule has 3 rings (SSSR count). The Labute approximate surface area is 156 Å². The highest BCUT2D eigenvalue weighted by Crippen LogP contribution is 2.35. The second kappa shape index (κ2) is 8.48. The lowest BCUT2D eigenvalue weighted by molar-refractivity contribution is 0.0321. The molecule has 0 spiro atoms. The van der Waals surface area contributed by atoms with E-state index in [0.29, 0.717) is 28.8 Å². The second-order valence-electron chi connectivity index (χ2n) is 5.91. The molecule has 1 N–H and O–H groups in total. The van der Waals surface area contributed by atoms with Gasteiger partial charge in [0, 0.05) is 25.2 Å². The summed E-state index contributed by atoms with van der Waals surface area (Å²) in [5.74, 6) is 0.312. The summed E-state index contributed by atoms with van der Waals surface area (Å²) in [6.45, 7) is 6.40. The molecule has 8 heteroatoms. The van der Waals surface area contributed by atoms with Gasteiger partial charge in [0.25, 0.3) is 0 Å². The molecule has 2 aromatic rings. The zero-order valence-corrected chi connectivity index (χ0v) is 15.7. The highest BCUT2D eigenvalue weighted by molar-refractivity contribution is 7.17. The number of carboxylic acids is 1. The molecule has 0 bridgehead atoms. The lowest BCUT2D eigenvalue weighted by Crippen LogP contribution is -2.38. The van der Waals surface area contributed by atoms with Crippen LogP contribution in [0.2, 0.25) is 0 Å². The van der Waals surface area contributed by atoms with Crippen molar-refractivity contribution in [1.82, 2.24) is 9.88 Å². The van der Waals surface area contributed by atoms with Gasteiger partial charge in [0.2, 0.25) is 0 Å². The van der Waals surface area contributed by atoms with E-state index in [1.807, 2.05) is 18.2 Å². The Hall–Kier alpha value is -2.16. The number of benzene rings is 1. The summed E-state index contributed by atoms with van der Waals surface area (Å²) in [5.41, 5.74) is 1.33. The molecule has 0 atom stereocenters. The maximum absolute atomic E-state index is 11.2. The van der Waals surface area contributed by atoms with Crippen molar-refractivity contribution in [3.63, 3.8) is 0 Å². The van der Waals surface area contributed by atoms with Crippen LogP contribution in [-0.4, -0.2) is 67.5 Å². The monoisotopic (exact) mass is 378 g/mol. The Morgan fingerprint density at radius 1 is 1.35 bits per heavy atom. The number of carboxylic acid groups (broad SMARTS) is 1. The van der Waals surface area contributed by atoms with E-state index in [1.165, 1.54) is 0 Å². The van der Waals surface area contributed by atoms with Crippen LogP contribution in [0, 0.1) is 6.92 Å². The van der Waals surface area contributed by atoms with Gasteiger partial charge in [-0.15, -0.1) is 11.3 Å². The SMILES string of the molecule is COc1ccc(-c2nc(C)c(C(=O)O)s2)cc1OCCN1CCOCC1. The van der Waals surface area contributed by atoms with Gasteiger partial charge in [-0.25, -0.2) is 9.78 Å². The van der Waals surface area contributed by atoms with Gasteiger partial charge in [-0.2, -0.15) is 0 Å². The molecule has 1 aliphatic heterocycles. The maximum atomic E-state index is 11.2. The number of nitrogens with zero attached hydrogens (tertiary/aromatic N) is 2. The third-order valence-corrected chi connectivity index (χ3v) is 5.36. The molecule has 1 aromatic carbocycles. The molecule has 0 saturated carbocycles. The van der Waals surface area contributed by atoms with Gasteiger partial charge in [0.05, 0.1) is 26.0 Å². The number of methoxy groups -OCH3 is 1. The summed E-state index contributed by atoms with van der Waals surface area (Å²) in [6, 6.07) is 5.52. The van der Waals surface area contributed by atoms with Crippen LogP contribution >= 0.6 is 11.3 Å². The molecule has 1 aromatic heterocycles. The number of thiazole rings is 1. The molecule has 1 aliphatic rings. The van der Waals surface area contributed by atoms with Crippen molar-refractivity contribution < 1.29 is 24.1 Å². The summed E-state index contributed by atoms with van der Waals surface area (Å²) in [7, 11) is 1.60. The number of aromatic carboxylic acids is 1. The van der Waals surface area contributed by atoms with Gasteiger partial charge in [-0.05, 0) is 25.1 Å². The fourth-order valence-corrected chi connectivity index (χ4v) is 3.65. The Morgan fingerprint density at radius 2 is 2.12 bits per heavy atom. The van der Waals surface area contributed by atoms with Gasteiger partial charge < -0.3 is 19.3 Å². The van der Waals surface area contributed by atoms with Crippen LogP contribution in [-0.2, 0) is 4.74 Å². The standard InChI is InChI=1S/C18H22N2O5S/c1-12-16(18(21)22)26-17(19-12)13-3-4-14(23-2)15(11-13)25-10-7-20-5-8-24-9-6-20/h3-4,11H,5-10H2,1-2H3,(H,21,22). The van der Waals surface area contributed by atoms with E-state index in [0.717, 1.165) is 49.7 Å². The summed E-state index contributed by atoms with van der Waals surface area (Å²) in [5, 5.41) is 9.87. The minimum Gasteiger partial charge on any atom is -0.493 e. The van der Waals surface area contributed by atoms with Crippen LogP contribution in [0.4, 0.5) is 0 Å². The Bertz CT molecular complexity index is 771. The molecule has 2 heterocycles. The number of hydrogen-bond acceptors (Lipinski definition) is 7. The first kappa shape index (κ1) is 18.6. The first-order chi connectivity index (χ1) is 12.6. The molecule has 140 valence electrons. The van der Waals surface area contributed by atoms with E-state index in [1.54, 1.807) is 14.0 Å². The Morgan fingerprint density at radius 3 is 2.77 bits per heavy atom. The maximum Gasteiger partial charge on any atom is 0.347 e. The second-order valence-corrected chi connectivity index (χ2v) is 6.91. The average molecular weight is 378 g/mol. The largest absolute Gasteiger partial charge is 0.493 e. The average Bonchev–Trinajstić information content (AvgIpc) is 3.04. The van der Waals surface area contributed by atoms with Gasteiger partial charge >= 0.3 is 5.97 Å². The van der Waals surface area contributed by atoms with Gasteiger partial charge in [0.15, 0.2) is 11.5 Å². The Balaban J connectivity index is 1.73. The molecule has 0 aliphatic carbocycles. The predicted octanol–water partition coefficient (Wildman–Crippen LogP) is 2.54. The summed E-state index contributed by atoms with van der Waals surface area (Å²) in [4.78, 5) is 18.2. The van der Waals surface area contributed by atoms with Gasteiger partial charge in [0.1, 0.15) is 16.5 Å². The molecule has 0 amide bonds. The molecule has 26 heavy (non-hydrogen) atoms. The van der Waals surface area contributed by atoms with Crippen molar-refractivity contribution in [3.05, 3.63) is 28.8 Å². The minimum atomic E-state index is -0.957. The van der Waals surface area contributed by atoms with Crippen LogP contribution in [0.1, 0.15) is 15.4 Å². The molecule has 1 saturated heterocycles. The number of morpholine rings is 1. The van der Waals surface area contributed by atoms with Crippen molar-refractivity contribution in [2.24, 2.45) is 0 Å². The lowest BCUT2D eigenvalue weighted by Gasteiger charge is -2.26. The predicted molar refractivity (Wildman–Crippen MR) is 98.6 cm³/mol. The molecule has 7 nitrogen and oxygen atoms in total. The molecule has 0 unspecified atom stereocenters. The zero-order chi connectivity index (χ0) is 18.5. The van der Waals surface area contributed by atoms with Crippen molar-refractivity contribution in [2.45, 2.75) is 6.92 Å². The van der Waals surface area contributed by atoms with E-state index < -0.39 is 5.97 Å². The van der Waals surface area contributed by atoms with E-state index in [-0.39, 0.29) is 4.88 Å². The fraction of sp³-hybridized carbons (Fsp3) is 0.444. The number of ether oxygens (including phenoxy) is 3. The summed E-state index contributed by atoms with van der Waals surface area (Å²) in [6.07, 6.45) is 0. The first-order valence-electron chi connectivity index (χ1n) is 8.40. The van der Waals surface area contributed by atoms with E-state index in [9.17, 15) is 9.90 Å². The Kier molecular flexibility index (Phi) is 6.08.